The van der Waals surface area contributed by atoms with Crippen LogP contribution in [0.2, 0.25) is 0 Å². The van der Waals surface area contributed by atoms with E-state index in [1.54, 1.807) is 31.1 Å². The van der Waals surface area contributed by atoms with Crippen molar-refractivity contribution in [3.05, 3.63) is 59.2 Å². The predicted molar refractivity (Wildman–Crippen MR) is 136 cm³/mol. The molecule has 0 bridgehead atoms. The maximum absolute atomic E-state index is 15.4. The summed E-state index contributed by atoms with van der Waals surface area (Å²) < 4.78 is 40.7. The fourth-order valence-corrected chi connectivity index (χ4v) is 5.68. The van der Waals surface area contributed by atoms with Crippen LogP contribution in [0.5, 0.6) is 0 Å². The molecule has 1 aliphatic heterocycles. The first kappa shape index (κ1) is 27.6. The van der Waals surface area contributed by atoms with Gasteiger partial charge in [-0.1, -0.05) is 18.2 Å². The number of hydrogen-bond acceptors (Lipinski definition) is 5. The van der Waals surface area contributed by atoms with Crippen molar-refractivity contribution in [3.8, 4) is 11.1 Å². The molecule has 1 aliphatic carbocycles. The van der Waals surface area contributed by atoms with Gasteiger partial charge in [-0.2, -0.15) is 0 Å². The molecule has 0 aromatic heterocycles. The molecule has 2 aromatic carbocycles. The van der Waals surface area contributed by atoms with Crippen LogP contribution in [0.25, 0.3) is 11.1 Å². The van der Waals surface area contributed by atoms with Crippen LogP contribution in [-0.2, 0) is 19.9 Å². The van der Waals surface area contributed by atoms with Crippen LogP contribution in [0, 0.1) is 18.6 Å². The van der Waals surface area contributed by atoms with Crippen molar-refractivity contribution >= 4 is 5.91 Å². The van der Waals surface area contributed by atoms with Gasteiger partial charge in [0.2, 0.25) is 0 Å². The van der Waals surface area contributed by atoms with E-state index in [9.17, 15) is 19.4 Å². The van der Waals surface area contributed by atoms with Gasteiger partial charge in [-0.25, -0.2) is 8.78 Å². The van der Waals surface area contributed by atoms with Crippen LogP contribution in [-0.4, -0.2) is 66.1 Å². The summed E-state index contributed by atoms with van der Waals surface area (Å²) >= 11 is 0. The quantitative estimate of drug-likeness (QED) is 0.480. The lowest BCUT2D eigenvalue weighted by molar-refractivity contribution is -0.176. The Morgan fingerprint density at radius 2 is 1.95 bits per heavy atom. The topological polar surface area (TPSA) is 79.2 Å². The third-order valence-corrected chi connectivity index (χ3v) is 7.80. The molecule has 2 aromatic rings. The molecular weight excluding hydrogens is 480 g/mol. The highest BCUT2D eigenvalue weighted by atomic mass is 19.1. The van der Waals surface area contributed by atoms with Crippen molar-refractivity contribution < 1.29 is 33.3 Å². The number of benzene rings is 2. The van der Waals surface area contributed by atoms with Crippen molar-refractivity contribution in [2.75, 3.05) is 33.4 Å². The lowest BCUT2D eigenvalue weighted by atomic mass is 9.78. The molecule has 1 saturated carbocycles. The number of amides is 1. The van der Waals surface area contributed by atoms with Crippen molar-refractivity contribution in [2.45, 2.75) is 69.2 Å². The zero-order valence-corrected chi connectivity index (χ0v) is 21.6. The molecule has 0 radical (unpaired) electrons. The van der Waals surface area contributed by atoms with Crippen LogP contribution < -0.4 is 0 Å². The van der Waals surface area contributed by atoms with Crippen LogP contribution in [0.15, 0.2) is 36.4 Å². The average Bonchev–Trinajstić information content (AvgIpc) is 3.35. The van der Waals surface area contributed by atoms with Gasteiger partial charge in [-0.3, -0.25) is 4.79 Å². The van der Waals surface area contributed by atoms with E-state index in [-0.39, 0.29) is 31.0 Å². The minimum atomic E-state index is -1.65. The number of carbonyl (C=O) groups is 1. The largest absolute Gasteiger partial charge is 0.385 e. The second kappa shape index (κ2) is 11.6. The van der Waals surface area contributed by atoms with Gasteiger partial charge in [0.1, 0.15) is 28.9 Å². The molecule has 1 heterocycles. The fourth-order valence-electron chi connectivity index (χ4n) is 5.68. The molecule has 6 nitrogen and oxygen atoms in total. The minimum absolute atomic E-state index is 0.0698. The first-order valence-corrected chi connectivity index (χ1v) is 13.1. The maximum atomic E-state index is 15.4. The van der Waals surface area contributed by atoms with E-state index in [1.807, 2.05) is 0 Å². The number of aryl methyl sites for hydroxylation is 1. The van der Waals surface area contributed by atoms with Gasteiger partial charge in [-0.05, 0) is 86.8 Å². The first-order valence-electron chi connectivity index (χ1n) is 13.1. The molecule has 1 saturated heterocycles. The summed E-state index contributed by atoms with van der Waals surface area (Å²) in [6.45, 7) is 2.68. The van der Waals surface area contributed by atoms with E-state index in [4.69, 9.17) is 9.47 Å². The molecule has 202 valence electrons. The number of nitrogens with zero attached hydrogens (tertiary/aromatic N) is 1. The average molecular weight is 518 g/mol. The van der Waals surface area contributed by atoms with Crippen LogP contribution in [0.1, 0.15) is 56.1 Å². The molecule has 2 fully saturated rings. The van der Waals surface area contributed by atoms with E-state index < -0.39 is 28.9 Å². The molecule has 37 heavy (non-hydrogen) atoms. The van der Waals surface area contributed by atoms with Crippen LogP contribution in [0.3, 0.4) is 0 Å². The third-order valence-electron chi connectivity index (χ3n) is 7.80. The maximum Gasteiger partial charge on any atom is 0.254 e. The molecule has 0 unspecified atom stereocenters. The van der Waals surface area contributed by atoms with E-state index in [1.165, 1.54) is 24.3 Å². The van der Waals surface area contributed by atoms with Gasteiger partial charge < -0.3 is 24.6 Å². The summed E-state index contributed by atoms with van der Waals surface area (Å²) in [4.78, 5) is 14.8. The molecule has 2 atom stereocenters. The number of carbonyl (C=O) groups excluding carboxylic acids is 1. The lowest BCUT2D eigenvalue weighted by Crippen LogP contribution is -2.58. The fraction of sp³-hybridized carbons (Fsp3) is 0.552. The zero-order valence-electron chi connectivity index (χ0n) is 21.6. The number of aliphatic hydroxyl groups is 2. The number of rotatable bonds is 9. The number of unbranched alkanes of at least 4 members (excludes halogenated alkanes) is 1. The Hall–Kier alpha value is -2.39. The predicted octanol–water partition coefficient (Wildman–Crippen LogP) is 4.48. The third kappa shape index (κ3) is 5.72. The first-order chi connectivity index (χ1) is 17.7. The lowest BCUT2D eigenvalue weighted by Gasteiger charge is -2.44. The molecular formula is C29H37F2NO5. The number of morpholine rings is 1. The second-order valence-electron chi connectivity index (χ2n) is 10.3. The Kier molecular flexibility index (Phi) is 8.63. The van der Waals surface area contributed by atoms with Crippen LogP contribution >= 0.6 is 0 Å². The SMILES string of the molecule is COCCCC[C@](O)(c1cccc(F)c1-c1ccc(F)c(C)c1)[C@H]1CN(C(=O)C2(O)CCCC2)CCO1. The number of methoxy groups -OCH3 is 1. The van der Waals surface area contributed by atoms with Crippen molar-refractivity contribution in [1.29, 1.82) is 0 Å². The summed E-state index contributed by atoms with van der Waals surface area (Å²) in [7, 11) is 1.61. The standard InChI is InChI=1S/C29H37F2NO5/c1-20-18-21(10-11-23(20)30)26-22(8-7-9-24(26)31)29(35,14-5-6-16-36-2)25-19-32(15-17-37-25)27(33)28(34)12-3-4-13-28/h7-11,18,25,34-35H,3-6,12-17,19H2,1-2H3/t25-,29+/m1/s1. The highest BCUT2D eigenvalue weighted by Gasteiger charge is 2.47. The van der Waals surface area contributed by atoms with E-state index >= 15 is 4.39 Å². The zero-order chi connectivity index (χ0) is 26.6. The van der Waals surface area contributed by atoms with Gasteiger partial charge in [0.15, 0.2) is 0 Å². The summed E-state index contributed by atoms with van der Waals surface area (Å²) in [6.07, 6.45) is 3.07. The molecule has 8 heteroatoms. The molecule has 1 amide bonds. The minimum Gasteiger partial charge on any atom is -0.385 e. The summed E-state index contributed by atoms with van der Waals surface area (Å²) in [5, 5.41) is 23.2. The number of hydrogen-bond donors (Lipinski definition) is 2. The Balaban J connectivity index is 1.73. The van der Waals surface area contributed by atoms with Crippen molar-refractivity contribution in [3.63, 3.8) is 0 Å². The van der Waals surface area contributed by atoms with Gasteiger partial charge in [0.25, 0.3) is 5.91 Å². The van der Waals surface area contributed by atoms with E-state index in [0.717, 1.165) is 12.8 Å². The van der Waals surface area contributed by atoms with E-state index in [2.05, 4.69) is 0 Å². The summed E-state index contributed by atoms with van der Waals surface area (Å²) in [5.41, 5.74) is -1.70. The Labute approximate surface area is 217 Å². The van der Waals surface area contributed by atoms with E-state index in [0.29, 0.717) is 55.5 Å². The van der Waals surface area contributed by atoms with Gasteiger partial charge in [0, 0.05) is 25.8 Å². The molecule has 0 spiro atoms. The van der Waals surface area contributed by atoms with Crippen LogP contribution in [0.4, 0.5) is 8.78 Å². The Morgan fingerprint density at radius 3 is 2.65 bits per heavy atom. The second-order valence-corrected chi connectivity index (χ2v) is 10.3. The Bertz CT molecular complexity index is 1100. The number of ether oxygens (including phenoxy) is 2. The summed E-state index contributed by atoms with van der Waals surface area (Å²) in [5.74, 6) is -1.28. The Morgan fingerprint density at radius 1 is 1.19 bits per heavy atom. The van der Waals surface area contributed by atoms with Gasteiger partial charge in [-0.15, -0.1) is 0 Å². The molecule has 2 N–H and O–H groups in total. The van der Waals surface area contributed by atoms with Gasteiger partial charge in [0.05, 0.1) is 13.2 Å². The van der Waals surface area contributed by atoms with Crippen molar-refractivity contribution in [2.24, 2.45) is 0 Å². The smallest absolute Gasteiger partial charge is 0.254 e. The monoisotopic (exact) mass is 517 g/mol. The highest BCUT2D eigenvalue weighted by molar-refractivity contribution is 5.85. The number of halogens is 2. The normalized spacial score (nSPS) is 21.1. The van der Waals surface area contributed by atoms with Gasteiger partial charge >= 0.3 is 0 Å². The molecule has 4 rings (SSSR count). The highest BCUT2D eigenvalue weighted by Crippen LogP contribution is 2.42. The summed E-state index contributed by atoms with van der Waals surface area (Å²) in [6, 6.07) is 8.88. The van der Waals surface area contributed by atoms with Crippen molar-refractivity contribution in [1.82, 2.24) is 4.90 Å². The molecule has 2 aliphatic rings.